The van der Waals surface area contributed by atoms with Crippen molar-refractivity contribution >= 4 is 30.0 Å². The van der Waals surface area contributed by atoms with Gasteiger partial charge in [0.05, 0.1) is 17.4 Å². The molecule has 2 heterocycles. The van der Waals surface area contributed by atoms with Crippen LogP contribution in [0.15, 0.2) is 12.4 Å². The molecule has 0 radical (unpaired) electrons. The average molecular weight is 235 g/mol. The van der Waals surface area contributed by atoms with Gasteiger partial charge in [0.25, 0.3) is 0 Å². The lowest BCUT2D eigenvalue weighted by molar-refractivity contribution is 0.750. The monoisotopic (exact) mass is 234 g/mol. The zero-order valence-electron chi connectivity index (χ0n) is 7.56. The normalized spacial score (nSPS) is 20.7. The van der Waals surface area contributed by atoms with Crippen LogP contribution in [0.5, 0.6) is 0 Å². The van der Waals surface area contributed by atoms with Gasteiger partial charge in [0.1, 0.15) is 0 Å². The maximum Gasteiger partial charge on any atom is 0.225 e. The van der Waals surface area contributed by atoms with Crippen LogP contribution in [0, 0.1) is 0 Å². The van der Waals surface area contributed by atoms with Crippen molar-refractivity contribution in [3.05, 3.63) is 17.4 Å². The molecule has 1 aromatic heterocycles. The van der Waals surface area contributed by atoms with Crippen molar-refractivity contribution in [1.82, 2.24) is 9.97 Å². The summed E-state index contributed by atoms with van der Waals surface area (Å²) in [7, 11) is 0. The lowest BCUT2D eigenvalue weighted by Crippen LogP contribution is -2.27. The third kappa shape index (κ3) is 2.47. The van der Waals surface area contributed by atoms with E-state index in [2.05, 4.69) is 14.9 Å². The SMILES string of the molecule is Cl.N[C@H]1CCN(c2ncc(Cl)cn2)C1. The van der Waals surface area contributed by atoms with Gasteiger partial charge >= 0.3 is 0 Å². The lowest BCUT2D eigenvalue weighted by atomic mass is 10.3. The van der Waals surface area contributed by atoms with Gasteiger partial charge in [0, 0.05) is 19.1 Å². The number of nitrogens with zero attached hydrogens (tertiary/aromatic N) is 3. The molecule has 0 amide bonds. The highest BCUT2D eigenvalue weighted by Gasteiger charge is 2.20. The Balaban J connectivity index is 0.000000980. The average Bonchev–Trinajstić information content (AvgIpc) is 2.53. The molecule has 4 nitrogen and oxygen atoms in total. The fraction of sp³-hybridized carbons (Fsp3) is 0.500. The standard InChI is InChI=1S/C8H11ClN4.ClH/c9-6-3-11-8(12-4-6)13-2-1-7(10)5-13;/h3-4,7H,1-2,5,10H2;1H/t7-;/m0./s1. The zero-order valence-corrected chi connectivity index (χ0v) is 9.13. The first kappa shape index (κ1) is 11.5. The highest BCUT2D eigenvalue weighted by Crippen LogP contribution is 2.15. The topological polar surface area (TPSA) is 55.0 Å². The van der Waals surface area contributed by atoms with Gasteiger partial charge in [-0.3, -0.25) is 0 Å². The van der Waals surface area contributed by atoms with Crippen molar-refractivity contribution in [3.63, 3.8) is 0 Å². The number of aromatic nitrogens is 2. The van der Waals surface area contributed by atoms with Crippen molar-refractivity contribution in [3.8, 4) is 0 Å². The van der Waals surface area contributed by atoms with E-state index in [0.29, 0.717) is 5.02 Å². The summed E-state index contributed by atoms with van der Waals surface area (Å²) in [5, 5.41) is 0.562. The molecule has 6 heteroatoms. The van der Waals surface area contributed by atoms with E-state index < -0.39 is 0 Å². The van der Waals surface area contributed by atoms with Crippen LogP contribution in [0.2, 0.25) is 5.02 Å². The van der Waals surface area contributed by atoms with Crippen LogP contribution in [0.3, 0.4) is 0 Å². The van der Waals surface area contributed by atoms with Gasteiger partial charge in [0.15, 0.2) is 0 Å². The van der Waals surface area contributed by atoms with Crippen molar-refractivity contribution in [2.75, 3.05) is 18.0 Å². The Hall–Kier alpha value is -0.580. The van der Waals surface area contributed by atoms with E-state index in [1.165, 1.54) is 0 Å². The van der Waals surface area contributed by atoms with Gasteiger partial charge in [-0.05, 0) is 6.42 Å². The Morgan fingerprint density at radius 1 is 1.43 bits per heavy atom. The van der Waals surface area contributed by atoms with Crippen LogP contribution in [0.1, 0.15) is 6.42 Å². The van der Waals surface area contributed by atoms with E-state index in [1.54, 1.807) is 12.4 Å². The number of nitrogens with two attached hydrogens (primary N) is 1. The summed E-state index contributed by atoms with van der Waals surface area (Å²) in [6, 6.07) is 0.249. The number of anilines is 1. The molecule has 1 saturated heterocycles. The van der Waals surface area contributed by atoms with Crippen molar-refractivity contribution in [2.45, 2.75) is 12.5 Å². The minimum absolute atomic E-state index is 0. The second-order valence-corrected chi connectivity index (χ2v) is 3.63. The molecule has 1 aromatic rings. The van der Waals surface area contributed by atoms with Crippen LogP contribution in [-0.4, -0.2) is 29.1 Å². The predicted octanol–water partition coefficient (Wildman–Crippen LogP) is 1.09. The number of rotatable bonds is 1. The van der Waals surface area contributed by atoms with Gasteiger partial charge in [0.2, 0.25) is 5.95 Å². The summed E-state index contributed by atoms with van der Waals surface area (Å²) in [4.78, 5) is 10.3. The molecule has 0 saturated carbocycles. The summed E-state index contributed by atoms with van der Waals surface area (Å²) in [6.07, 6.45) is 4.22. The second kappa shape index (κ2) is 4.77. The second-order valence-electron chi connectivity index (χ2n) is 3.20. The Bertz CT molecular complexity index is 290. The first-order valence-corrected chi connectivity index (χ1v) is 4.61. The molecule has 0 spiro atoms. The van der Waals surface area contributed by atoms with Gasteiger partial charge in [-0.1, -0.05) is 11.6 Å². The van der Waals surface area contributed by atoms with E-state index in [0.717, 1.165) is 25.5 Å². The van der Waals surface area contributed by atoms with Crippen molar-refractivity contribution < 1.29 is 0 Å². The summed E-state index contributed by atoms with van der Waals surface area (Å²) in [5.41, 5.74) is 5.77. The fourth-order valence-corrected chi connectivity index (χ4v) is 1.54. The number of hydrogen-bond acceptors (Lipinski definition) is 4. The molecule has 14 heavy (non-hydrogen) atoms. The highest BCUT2D eigenvalue weighted by atomic mass is 35.5. The molecule has 2 N–H and O–H groups in total. The van der Waals surface area contributed by atoms with E-state index in [9.17, 15) is 0 Å². The van der Waals surface area contributed by atoms with Gasteiger partial charge in [-0.15, -0.1) is 12.4 Å². The summed E-state index contributed by atoms with van der Waals surface area (Å²) < 4.78 is 0. The molecule has 1 atom stereocenters. The van der Waals surface area contributed by atoms with E-state index in [1.807, 2.05) is 0 Å². The number of halogens is 2. The Labute approximate surface area is 93.9 Å². The first-order valence-electron chi connectivity index (χ1n) is 4.24. The van der Waals surface area contributed by atoms with Crippen LogP contribution < -0.4 is 10.6 Å². The molecule has 1 aliphatic heterocycles. The molecule has 78 valence electrons. The van der Waals surface area contributed by atoms with E-state index >= 15 is 0 Å². The molecule has 0 bridgehead atoms. The minimum atomic E-state index is 0. The first-order chi connectivity index (χ1) is 6.25. The third-order valence-electron chi connectivity index (χ3n) is 2.11. The maximum absolute atomic E-state index is 5.77. The smallest absolute Gasteiger partial charge is 0.225 e. The summed E-state index contributed by atoms with van der Waals surface area (Å²) >= 11 is 5.68. The van der Waals surface area contributed by atoms with Crippen LogP contribution in [0.25, 0.3) is 0 Å². The molecule has 1 aliphatic rings. The molecule has 0 aromatic carbocycles. The summed E-state index contributed by atoms with van der Waals surface area (Å²) in [5.74, 6) is 0.720. The van der Waals surface area contributed by atoms with E-state index in [-0.39, 0.29) is 18.4 Å². The molecular formula is C8H12Cl2N4. The van der Waals surface area contributed by atoms with Crippen molar-refractivity contribution in [1.29, 1.82) is 0 Å². The van der Waals surface area contributed by atoms with Gasteiger partial charge in [-0.25, -0.2) is 9.97 Å². The van der Waals surface area contributed by atoms with Crippen LogP contribution in [0.4, 0.5) is 5.95 Å². The van der Waals surface area contributed by atoms with Crippen LogP contribution in [-0.2, 0) is 0 Å². The lowest BCUT2D eigenvalue weighted by Gasteiger charge is -2.14. The zero-order chi connectivity index (χ0) is 9.26. The van der Waals surface area contributed by atoms with E-state index in [4.69, 9.17) is 17.3 Å². The molecular weight excluding hydrogens is 223 g/mol. The Morgan fingerprint density at radius 2 is 2.07 bits per heavy atom. The van der Waals surface area contributed by atoms with Crippen molar-refractivity contribution in [2.24, 2.45) is 5.73 Å². The third-order valence-corrected chi connectivity index (χ3v) is 2.31. The van der Waals surface area contributed by atoms with Crippen LogP contribution >= 0.6 is 24.0 Å². The highest BCUT2D eigenvalue weighted by molar-refractivity contribution is 6.30. The molecule has 0 unspecified atom stereocenters. The molecule has 1 fully saturated rings. The maximum atomic E-state index is 5.77. The van der Waals surface area contributed by atoms with Gasteiger partial charge in [-0.2, -0.15) is 0 Å². The summed E-state index contributed by atoms with van der Waals surface area (Å²) in [6.45, 7) is 1.77. The predicted molar refractivity (Wildman–Crippen MR) is 59.1 cm³/mol. The minimum Gasteiger partial charge on any atom is -0.339 e. The fourth-order valence-electron chi connectivity index (χ4n) is 1.44. The van der Waals surface area contributed by atoms with Gasteiger partial charge < -0.3 is 10.6 Å². The Morgan fingerprint density at radius 3 is 2.57 bits per heavy atom. The number of hydrogen-bond donors (Lipinski definition) is 1. The largest absolute Gasteiger partial charge is 0.339 e. The Kier molecular flexibility index (Phi) is 3.92. The molecule has 2 rings (SSSR count). The molecule has 0 aliphatic carbocycles. The quantitative estimate of drug-likeness (QED) is 0.791.